The smallest absolute Gasteiger partial charge is 0.326 e. The van der Waals surface area contributed by atoms with E-state index in [9.17, 15) is 33.9 Å². The molecule has 0 aromatic heterocycles. The van der Waals surface area contributed by atoms with E-state index in [1.165, 1.54) is 0 Å². The summed E-state index contributed by atoms with van der Waals surface area (Å²) in [4.78, 5) is 71.8. The van der Waals surface area contributed by atoms with Crippen molar-refractivity contribution in [1.29, 1.82) is 0 Å². The SMILES string of the molecule is CCC(C)C(NC(=O)C(CC(N)=O)NC(=O)C(N)C(C)C)C(=O)NC(CCC(N)=O)C(=O)O. The highest BCUT2D eigenvalue weighted by molar-refractivity contribution is 5.96. The molecule has 10 N–H and O–H groups in total. The molecule has 5 atom stereocenters. The zero-order chi connectivity index (χ0) is 25.9. The number of carboxylic acids is 1. The number of primary amides is 2. The van der Waals surface area contributed by atoms with Gasteiger partial charge >= 0.3 is 5.97 Å². The van der Waals surface area contributed by atoms with Crippen molar-refractivity contribution in [2.75, 3.05) is 0 Å². The van der Waals surface area contributed by atoms with Crippen LogP contribution in [0.15, 0.2) is 0 Å². The molecule has 13 heteroatoms. The lowest BCUT2D eigenvalue weighted by atomic mass is 9.96. The summed E-state index contributed by atoms with van der Waals surface area (Å²) >= 11 is 0. The molecular formula is C20H36N6O7. The van der Waals surface area contributed by atoms with Crippen molar-refractivity contribution in [1.82, 2.24) is 16.0 Å². The van der Waals surface area contributed by atoms with Gasteiger partial charge in [-0.2, -0.15) is 0 Å². The molecule has 0 aromatic rings. The van der Waals surface area contributed by atoms with Crippen LogP contribution in [0.3, 0.4) is 0 Å². The summed E-state index contributed by atoms with van der Waals surface area (Å²) in [6, 6.07) is -4.92. The number of carbonyl (C=O) groups is 6. The second-order valence-electron chi connectivity index (χ2n) is 8.28. The fourth-order valence-electron chi connectivity index (χ4n) is 2.74. The van der Waals surface area contributed by atoms with Gasteiger partial charge in [-0.3, -0.25) is 24.0 Å². The second-order valence-corrected chi connectivity index (χ2v) is 8.28. The summed E-state index contributed by atoms with van der Waals surface area (Å²) in [5, 5.41) is 16.4. The van der Waals surface area contributed by atoms with E-state index in [0.717, 1.165) is 0 Å². The van der Waals surface area contributed by atoms with Gasteiger partial charge in [-0.15, -0.1) is 0 Å². The first-order valence-corrected chi connectivity index (χ1v) is 10.7. The molecule has 0 aliphatic heterocycles. The molecule has 0 fully saturated rings. The van der Waals surface area contributed by atoms with E-state index in [1.807, 2.05) is 0 Å². The molecule has 5 unspecified atom stereocenters. The quantitative estimate of drug-likeness (QED) is 0.136. The van der Waals surface area contributed by atoms with Gasteiger partial charge in [0.05, 0.1) is 12.5 Å². The first-order valence-electron chi connectivity index (χ1n) is 10.7. The van der Waals surface area contributed by atoms with Gasteiger partial charge in [0.2, 0.25) is 29.5 Å². The Hall–Kier alpha value is -3.22. The number of rotatable bonds is 15. The van der Waals surface area contributed by atoms with E-state index in [4.69, 9.17) is 17.2 Å². The predicted octanol–water partition coefficient (Wildman–Crippen LogP) is -2.30. The van der Waals surface area contributed by atoms with Crippen LogP contribution in [0.2, 0.25) is 0 Å². The number of nitrogens with one attached hydrogen (secondary N) is 3. The standard InChI is InChI=1S/C20H36N6O7/c1-5-10(4)16(19(31)24-11(20(32)33)6-7-13(21)27)26-17(29)12(8-14(22)28)25-18(30)15(23)9(2)3/h9-12,15-16H,5-8,23H2,1-4H3,(H2,21,27)(H2,22,28)(H,24,31)(H,25,30)(H,26,29)(H,32,33). The van der Waals surface area contributed by atoms with Crippen LogP contribution in [0.1, 0.15) is 53.4 Å². The van der Waals surface area contributed by atoms with Crippen LogP contribution >= 0.6 is 0 Å². The van der Waals surface area contributed by atoms with Crippen LogP contribution in [0.4, 0.5) is 0 Å². The van der Waals surface area contributed by atoms with Crippen LogP contribution in [-0.2, 0) is 28.8 Å². The zero-order valence-corrected chi connectivity index (χ0v) is 19.4. The van der Waals surface area contributed by atoms with Crippen LogP contribution in [-0.4, -0.2) is 64.8 Å². The molecule has 0 bridgehead atoms. The predicted molar refractivity (Wildman–Crippen MR) is 118 cm³/mol. The molecule has 0 heterocycles. The molecule has 5 amide bonds. The van der Waals surface area contributed by atoms with Gasteiger partial charge in [-0.1, -0.05) is 34.1 Å². The minimum absolute atomic E-state index is 0.231. The number of carboxylic acid groups (broad SMARTS) is 1. The first-order chi connectivity index (χ1) is 15.2. The van der Waals surface area contributed by atoms with Crippen molar-refractivity contribution >= 4 is 35.5 Å². The van der Waals surface area contributed by atoms with E-state index < -0.39 is 72.0 Å². The molecule has 13 nitrogen and oxygen atoms in total. The lowest BCUT2D eigenvalue weighted by Crippen LogP contribution is -2.59. The second kappa shape index (κ2) is 14.0. The first kappa shape index (κ1) is 29.8. The number of nitrogens with two attached hydrogens (primary N) is 3. The molecule has 0 aliphatic carbocycles. The largest absolute Gasteiger partial charge is 0.480 e. The van der Waals surface area contributed by atoms with Gasteiger partial charge in [0.15, 0.2) is 0 Å². The molecule has 33 heavy (non-hydrogen) atoms. The molecule has 0 saturated heterocycles. The molecule has 0 rings (SSSR count). The summed E-state index contributed by atoms with van der Waals surface area (Å²) in [6.07, 6.45) is -0.596. The van der Waals surface area contributed by atoms with Crippen molar-refractivity contribution in [3.63, 3.8) is 0 Å². The lowest BCUT2D eigenvalue weighted by molar-refractivity contribution is -0.143. The van der Waals surface area contributed by atoms with Crippen molar-refractivity contribution in [3.8, 4) is 0 Å². The van der Waals surface area contributed by atoms with E-state index in [1.54, 1.807) is 27.7 Å². The Kier molecular flexibility index (Phi) is 12.7. The minimum atomic E-state index is -1.40. The number of carbonyl (C=O) groups excluding carboxylic acids is 5. The van der Waals surface area contributed by atoms with E-state index in [2.05, 4.69) is 16.0 Å². The van der Waals surface area contributed by atoms with Crippen molar-refractivity contribution < 1.29 is 33.9 Å². The maximum absolute atomic E-state index is 12.8. The van der Waals surface area contributed by atoms with Crippen LogP contribution in [0, 0.1) is 11.8 Å². The van der Waals surface area contributed by atoms with Gasteiger partial charge in [-0.25, -0.2) is 4.79 Å². The summed E-state index contributed by atoms with van der Waals surface area (Å²) in [5.74, 6) is -5.99. The Morgan fingerprint density at radius 2 is 1.36 bits per heavy atom. The number of hydrogen-bond acceptors (Lipinski definition) is 7. The third-order valence-corrected chi connectivity index (χ3v) is 5.15. The summed E-state index contributed by atoms with van der Waals surface area (Å²) in [5.41, 5.74) is 16.0. The third-order valence-electron chi connectivity index (χ3n) is 5.15. The Balaban J connectivity index is 5.59. The Morgan fingerprint density at radius 3 is 1.79 bits per heavy atom. The molecule has 0 saturated carbocycles. The highest BCUT2D eigenvalue weighted by Gasteiger charge is 2.33. The summed E-state index contributed by atoms with van der Waals surface area (Å²) < 4.78 is 0. The molecular weight excluding hydrogens is 436 g/mol. The van der Waals surface area contributed by atoms with Crippen LogP contribution < -0.4 is 33.2 Å². The molecule has 0 aromatic carbocycles. The van der Waals surface area contributed by atoms with Crippen LogP contribution in [0.25, 0.3) is 0 Å². The normalized spacial score (nSPS) is 15.5. The average Bonchev–Trinajstić information content (AvgIpc) is 2.71. The van der Waals surface area contributed by atoms with E-state index in [-0.39, 0.29) is 18.8 Å². The number of hydrogen-bond donors (Lipinski definition) is 7. The number of amides is 5. The highest BCUT2D eigenvalue weighted by atomic mass is 16.4. The van der Waals surface area contributed by atoms with E-state index in [0.29, 0.717) is 6.42 Å². The van der Waals surface area contributed by atoms with Gasteiger partial charge in [0.1, 0.15) is 18.1 Å². The fourth-order valence-corrected chi connectivity index (χ4v) is 2.74. The third kappa shape index (κ3) is 10.8. The van der Waals surface area contributed by atoms with Gasteiger partial charge in [-0.05, 0) is 18.3 Å². The monoisotopic (exact) mass is 472 g/mol. The zero-order valence-electron chi connectivity index (χ0n) is 19.4. The topological polar surface area (TPSA) is 237 Å². The molecule has 188 valence electrons. The Labute approximate surface area is 192 Å². The highest BCUT2D eigenvalue weighted by Crippen LogP contribution is 2.10. The van der Waals surface area contributed by atoms with Crippen molar-refractivity contribution in [2.24, 2.45) is 29.0 Å². The van der Waals surface area contributed by atoms with Crippen molar-refractivity contribution in [3.05, 3.63) is 0 Å². The Bertz CT molecular complexity index is 742. The van der Waals surface area contributed by atoms with E-state index >= 15 is 0 Å². The minimum Gasteiger partial charge on any atom is -0.480 e. The van der Waals surface area contributed by atoms with Crippen LogP contribution in [0.5, 0.6) is 0 Å². The summed E-state index contributed by atoms with van der Waals surface area (Å²) in [6.45, 7) is 6.81. The van der Waals surface area contributed by atoms with Gasteiger partial charge < -0.3 is 38.3 Å². The van der Waals surface area contributed by atoms with Gasteiger partial charge in [0, 0.05) is 6.42 Å². The average molecular weight is 473 g/mol. The molecule has 0 radical (unpaired) electrons. The molecule has 0 aliphatic rings. The maximum atomic E-state index is 12.8. The maximum Gasteiger partial charge on any atom is 0.326 e. The number of aliphatic carboxylic acids is 1. The Morgan fingerprint density at radius 1 is 0.818 bits per heavy atom. The molecule has 0 spiro atoms. The summed E-state index contributed by atoms with van der Waals surface area (Å²) in [7, 11) is 0. The van der Waals surface area contributed by atoms with Crippen molar-refractivity contribution in [2.45, 2.75) is 77.5 Å². The lowest BCUT2D eigenvalue weighted by Gasteiger charge is -2.28. The van der Waals surface area contributed by atoms with Gasteiger partial charge in [0.25, 0.3) is 0 Å². The fraction of sp³-hybridized carbons (Fsp3) is 0.700.